The van der Waals surface area contributed by atoms with Gasteiger partial charge >= 0.3 is 6.09 Å². The van der Waals surface area contributed by atoms with Gasteiger partial charge in [0.15, 0.2) is 0 Å². The van der Waals surface area contributed by atoms with E-state index in [1.807, 2.05) is 6.92 Å². The van der Waals surface area contributed by atoms with Gasteiger partial charge in [-0.25, -0.2) is 4.79 Å². The van der Waals surface area contributed by atoms with Crippen LogP contribution in [0.4, 0.5) is 4.79 Å². The number of amides is 1. The van der Waals surface area contributed by atoms with E-state index >= 15 is 0 Å². The molecule has 2 aliphatic rings. The number of ether oxygens (including phenoxy) is 2. The molecule has 0 aromatic carbocycles. The van der Waals surface area contributed by atoms with Gasteiger partial charge in [-0.2, -0.15) is 0 Å². The molecule has 0 aromatic rings. The Kier molecular flexibility index (Phi) is 1.72. The lowest BCUT2D eigenvalue weighted by Gasteiger charge is -2.30. The summed E-state index contributed by atoms with van der Waals surface area (Å²) in [5, 5.41) is 0. The largest absolute Gasteiger partial charge is 0.441 e. The van der Waals surface area contributed by atoms with Crippen molar-refractivity contribution in [2.45, 2.75) is 31.6 Å². The third kappa shape index (κ3) is 1.06. The predicted octanol–water partition coefficient (Wildman–Crippen LogP) is 0.614. The van der Waals surface area contributed by atoms with Gasteiger partial charge in [0, 0.05) is 7.05 Å². The number of fused-ring (bicyclic) bond motifs is 1. The number of carbonyl (C=O) groups excluding carboxylic acids is 1. The van der Waals surface area contributed by atoms with Crippen molar-refractivity contribution in [1.82, 2.24) is 4.90 Å². The van der Waals surface area contributed by atoms with Crippen LogP contribution in [-0.2, 0) is 9.47 Å². The highest BCUT2D eigenvalue weighted by Crippen LogP contribution is 2.26. The Labute approximate surface area is 71.4 Å². The summed E-state index contributed by atoms with van der Waals surface area (Å²) >= 11 is 0. The van der Waals surface area contributed by atoms with Crippen LogP contribution in [0, 0.1) is 0 Å². The monoisotopic (exact) mass is 171 g/mol. The fourth-order valence-corrected chi connectivity index (χ4v) is 1.80. The highest BCUT2D eigenvalue weighted by Gasteiger charge is 2.43. The lowest BCUT2D eigenvalue weighted by molar-refractivity contribution is -0.0492. The maximum atomic E-state index is 11.1. The lowest BCUT2D eigenvalue weighted by Crippen LogP contribution is -2.43. The van der Waals surface area contributed by atoms with Crippen LogP contribution in [-0.4, -0.2) is 42.9 Å². The SMILES string of the molecule is CC1CC2[C@H](CO1)OC(=O)N2C. The minimum absolute atomic E-state index is 0.0429. The van der Waals surface area contributed by atoms with Crippen LogP contribution in [0.1, 0.15) is 13.3 Å². The van der Waals surface area contributed by atoms with E-state index in [2.05, 4.69) is 0 Å². The van der Waals surface area contributed by atoms with Gasteiger partial charge in [-0.15, -0.1) is 0 Å². The maximum absolute atomic E-state index is 11.1. The average Bonchev–Trinajstić information content (AvgIpc) is 2.31. The zero-order chi connectivity index (χ0) is 8.72. The normalized spacial score (nSPS) is 41.0. The van der Waals surface area contributed by atoms with Gasteiger partial charge in [-0.3, -0.25) is 0 Å². The molecule has 2 rings (SSSR count). The van der Waals surface area contributed by atoms with E-state index in [4.69, 9.17) is 9.47 Å². The Morgan fingerprint density at radius 3 is 3.08 bits per heavy atom. The Bertz CT molecular complexity index is 206. The van der Waals surface area contributed by atoms with Gasteiger partial charge < -0.3 is 14.4 Å². The fourth-order valence-electron chi connectivity index (χ4n) is 1.80. The molecule has 2 aliphatic heterocycles. The van der Waals surface area contributed by atoms with Crippen molar-refractivity contribution in [3.63, 3.8) is 0 Å². The van der Waals surface area contributed by atoms with Crippen LogP contribution in [0.15, 0.2) is 0 Å². The Balaban J connectivity index is 2.10. The maximum Gasteiger partial charge on any atom is 0.410 e. The van der Waals surface area contributed by atoms with Crippen LogP contribution in [0.5, 0.6) is 0 Å². The summed E-state index contributed by atoms with van der Waals surface area (Å²) in [6.45, 7) is 2.56. The summed E-state index contributed by atoms with van der Waals surface area (Å²) in [6, 6.07) is 0.223. The molecule has 0 N–H and O–H groups in total. The van der Waals surface area contributed by atoms with E-state index in [1.54, 1.807) is 11.9 Å². The Hall–Kier alpha value is -0.770. The van der Waals surface area contributed by atoms with Crippen LogP contribution < -0.4 is 0 Å². The first-order valence-corrected chi connectivity index (χ1v) is 4.23. The molecule has 4 heteroatoms. The molecule has 4 nitrogen and oxygen atoms in total. The summed E-state index contributed by atoms with van der Waals surface area (Å²) in [6.07, 6.45) is 0.858. The average molecular weight is 171 g/mol. The topological polar surface area (TPSA) is 38.8 Å². The minimum Gasteiger partial charge on any atom is -0.441 e. The summed E-state index contributed by atoms with van der Waals surface area (Å²) in [5.41, 5.74) is 0. The zero-order valence-corrected chi connectivity index (χ0v) is 7.32. The second-order valence-electron chi connectivity index (χ2n) is 3.48. The second kappa shape index (κ2) is 2.62. The van der Waals surface area contributed by atoms with Gasteiger partial charge in [0.2, 0.25) is 0 Å². The van der Waals surface area contributed by atoms with Crippen LogP contribution in [0.25, 0.3) is 0 Å². The van der Waals surface area contributed by atoms with E-state index in [0.29, 0.717) is 6.61 Å². The molecule has 0 aromatic heterocycles. The van der Waals surface area contributed by atoms with Crippen molar-refractivity contribution < 1.29 is 14.3 Å². The molecule has 0 radical (unpaired) electrons. The van der Waals surface area contributed by atoms with Gasteiger partial charge in [0.25, 0.3) is 0 Å². The van der Waals surface area contributed by atoms with Gasteiger partial charge in [0.05, 0.1) is 18.8 Å². The van der Waals surface area contributed by atoms with Gasteiger partial charge in [0.1, 0.15) is 6.10 Å². The summed E-state index contributed by atoms with van der Waals surface area (Å²) < 4.78 is 10.5. The zero-order valence-electron chi connectivity index (χ0n) is 7.32. The molecular formula is C8H13NO3. The van der Waals surface area contributed by atoms with Crippen LogP contribution >= 0.6 is 0 Å². The van der Waals surface area contributed by atoms with E-state index in [-0.39, 0.29) is 24.3 Å². The minimum atomic E-state index is -0.220. The van der Waals surface area contributed by atoms with Crippen molar-refractivity contribution in [2.24, 2.45) is 0 Å². The number of carbonyl (C=O) groups is 1. The Morgan fingerprint density at radius 2 is 2.33 bits per heavy atom. The van der Waals surface area contributed by atoms with E-state index < -0.39 is 0 Å². The molecule has 2 heterocycles. The smallest absolute Gasteiger partial charge is 0.410 e. The number of hydrogen-bond acceptors (Lipinski definition) is 3. The molecule has 0 bridgehead atoms. The van der Waals surface area contributed by atoms with Crippen molar-refractivity contribution in [3.8, 4) is 0 Å². The molecule has 0 aliphatic carbocycles. The Morgan fingerprint density at radius 1 is 1.58 bits per heavy atom. The molecular weight excluding hydrogens is 158 g/mol. The molecule has 68 valence electrons. The molecule has 3 atom stereocenters. The third-order valence-electron chi connectivity index (χ3n) is 2.59. The number of nitrogens with zero attached hydrogens (tertiary/aromatic N) is 1. The molecule has 12 heavy (non-hydrogen) atoms. The third-order valence-corrected chi connectivity index (χ3v) is 2.59. The molecule has 0 spiro atoms. The van der Waals surface area contributed by atoms with Crippen molar-refractivity contribution in [2.75, 3.05) is 13.7 Å². The first kappa shape index (κ1) is 7.86. The summed E-state index contributed by atoms with van der Waals surface area (Å²) in [4.78, 5) is 12.8. The van der Waals surface area contributed by atoms with E-state index in [0.717, 1.165) is 6.42 Å². The number of likely N-dealkylation sites (N-methyl/N-ethyl adjacent to an activating group) is 1. The lowest BCUT2D eigenvalue weighted by atomic mass is 10.0. The fraction of sp³-hybridized carbons (Fsp3) is 0.875. The second-order valence-corrected chi connectivity index (χ2v) is 3.48. The van der Waals surface area contributed by atoms with Crippen LogP contribution in [0.2, 0.25) is 0 Å². The van der Waals surface area contributed by atoms with Crippen molar-refractivity contribution in [1.29, 1.82) is 0 Å². The summed E-state index contributed by atoms with van der Waals surface area (Å²) in [5.74, 6) is 0. The highest BCUT2D eigenvalue weighted by molar-refractivity contribution is 5.70. The number of hydrogen-bond donors (Lipinski definition) is 0. The van der Waals surface area contributed by atoms with Crippen molar-refractivity contribution in [3.05, 3.63) is 0 Å². The molecule has 2 unspecified atom stereocenters. The highest BCUT2D eigenvalue weighted by atomic mass is 16.6. The van der Waals surface area contributed by atoms with Gasteiger partial charge in [-0.05, 0) is 13.3 Å². The van der Waals surface area contributed by atoms with E-state index in [9.17, 15) is 4.79 Å². The molecule has 0 saturated carbocycles. The van der Waals surface area contributed by atoms with Crippen LogP contribution in [0.3, 0.4) is 0 Å². The van der Waals surface area contributed by atoms with Crippen molar-refractivity contribution >= 4 is 6.09 Å². The molecule has 2 saturated heterocycles. The first-order valence-electron chi connectivity index (χ1n) is 4.23. The first-order chi connectivity index (χ1) is 5.68. The quantitative estimate of drug-likeness (QED) is 0.536. The molecule has 2 fully saturated rings. The standard InChI is InChI=1S/C8H13NO3/c1-5-3-6-7(4-11-5)12-8(10)9(6)2/h5-7H,3-4H2,1-2H3/t5?,6?,7-/m0/s1. The number of rotatable bonds is 0. The summed E-state index contributed by atoms with van der Waals surface area (Å²) in [7, 11) is 1.78. The van der Waals surface area contributed by atoms with E-state index in [1.165, 1.54) is 0 Å². The predicted molar refractivity (Wildman–Crippen MR) is 41.9 cm³/mol. The molecule has 1 amide bonds. The van der Waals surface area contributed by atoms with Gasteiger partial charge in [-0.1, -0.05) is 0 Å².